The van der Waals surface area contributed by atoms with Gasteiger partial charge in [0.25, 0.3) is 0 Å². The zero-order valence-electron chi connectivity index (χ0n) is 9.82. The summed E-state index contributed by atoms with van der Waals surface area (Å²) in [6.07, 6.45) is 0.0434. The van der Waals surface area contributed by atoms with Crippen molar-refractivity contribution in [2.24, 2.45) is 10.9 Å². The molecule has 1 fully saturated rings. The summed E-state index contributed by atoms with van der Waals surface area (Å²) in [4.78, 5) is 5.15. The molecule has 1 unspecified atom stereocenters. The molecule has 1 atom stereocenters. The van der Waals surface area contributed by atoms with E-state index in [-0.39, 0.29) is 12.1 Å². The highest BCUT2D eigenvalue weighted by Crippen LogP contribution is 2.15. The van der Waals surface area contributed by atoms with Gasteiger partial charge in [-0.25, -0.2) is 0 Å². The maximum Gasteiger partial charge on any atom is 0.163 e. The molecule has 0 aromatic heterocycles. The molecule has 1 heterocycles. The lowest BCUT2D eigenvalue weighted by atomic mass is 10.2. The van der Waals surface area contributed by atoms with Crippen LogP contribution in [0.3, 0.4) is 0 Å². The predicted octanol–water partition coefficient (Wildman–Crippen LogP) is 0.878. The Labute approximate surface area is 90.5 Å². The fourth-order valence-electron chi connectivity index (χ4n) is 1.05. The Hall–Kier alpha value is -0.650. The average Bonchev–Trinajstić information content (AvgIpc) is 2.25. The number of hydrogen-bond acceptors (Lipinski definition) is 5. The van der Waals surface area contributed by atoms with Gasteiger partial charge in [-0.2, -0.15) is 0 Å². The highest BCUT2D eigenvalue weighted by Gasteiger charge is 2.28. The molecule has 1 aliphatic rings. The van der Waals surface area contributed by atoms with Crippen molar-refractivity contribution in [2.75, 3.05) is 13.2 Å². The first-order chi connectivity index (χ1) is 6.91. The van der Waals surface area contributed by atoms with Crippen molar-refractivity contribution >= 4 is 5.71 Å². The van der Waals surface area contributed by atoms with E-state index >= 15 is 0 Å². The molecule has 0 aliphatic carbocycles. The summed E-state index contributed by atoms with van der Waals surface area (Å²) in [6, 6.07) is -0.259. The number of oxime groups is 1. The summed E-state index contributed by atoms with van der Waals surface area (Å²) < 4.78 is 10.9. The van der Waals surface area contributed by atoms with Crippen molar-refractivity contribution in [1.82, 2.24) is 0 Å². The molecule has 1 rings (SSSR count). The molecule has 0 saturated carbocycles. The first-order valence-corrected chi connectivity index (χ1v) is 5.17. The minimum absolute atomic E-state index is 0.0434. The van der Waals surface area contributed by atoms with E-state index in [2.05, 4.69) is 5.16 Å². The van der Waals surface area contributed by atoms with Gasteiger partial charge in [0, 0.05) is 0 Å². The first-order valence-electron chi connectivity index (χ1n) is 5.17. The Balaban J connectivity index is 2.61. The summed E-state index contributed by atoms with van der Waals surface area (Å²) in [5, 5.41) is 3.98. The van der Waals surface area contributed by atoms with Gasteiger partial charge < -0.3 is 20.0 Å². The quantitative estimate of drug-likeness (QED) is 0.696. The summed E-state index contributed by atoms with van der Waals surface area (Å²) in [6.45, 7) is 8.27. The van der Waals surface area contributed by atoms with Crippen molar-refractivity contribution < 1.29 is 14.3 Å². The van der Waals surface area contributed by atoms with Crippen LogP contribution >= 0.6 is 0 Å². The van der Waals surface area contributed by atoms with Gasteiger partial charge in [0.2, 0.25) is 0 Å². The van der Waals surface area contributed by atoms with Crippen LogP contribution in [-0.4, -0.2) is 36.9 Å². The Morgan fingerprint density at radius 2 is 2.13 bits per heavy atom. The third-order valence-corrected chi connectivity index (χ3v) is 1.99. The molecule has 0 bridgehead atoms. The monoisotopic (exact) mass is 216 g/mol. The van der Waals surface area contributed by atoms with Gasteiger partial charge in [-0.15, -0.1) is 0 Å². The van der Waals surface area contributed by atoms with E-state index in [0.717, 1.165) is 0 Å². The van der Waals surface area contributed by atoms with Crippen molar-refractivity contribution in [3.63, 3.8) is 0 Å². The molecule has 5 nitrogen and oxygen atoms in total. The maximum atomic E-state index is 5.87. The predicted molar refractivity (Wildman–Crippen MR) is 57.6 cm³/mol. The van der Waals surface area contributed by atoms with Crippen LogP contribution < -0.4 is 5.73 Å². The maximum absolute atomic E-state index is 5.87. The van der Waals surface area contributed by atoms with E-state index in [4.69, 9.17) is 20.0 Å². The molecule has 15 heavy (non-hydrogen) atoms. The molecule has 5 heteroatoms. The largest absolute Gasteiger partial charge is 0.393 e. The third-order valence-electron chi connectivity index (χ3n) is 1.99. The normalized spacial score (nSPS) is 29.2. The van der Waals surface area contributed by atoms with Gasteiger partial charge in [-0.05, 0) is 27.7 Å². The summed E-state index contributed by atoms with van der Waals surface area (Å²) >= 11 is 0. The third kappa shape index (κ3) is 4.15. The number of nitrogens with zero attached hydrogens (tertiary/aromatic N) is 1. The second-order valence-electron chi connectivity index (χ2n) is 4.34. The van der Waals surface area contributed by atoms with Gasteiger partial charge in [0.15, 0.2) is 5.79 Å². The standard InChI is InChI=1S/C10H20N2O3/c1-7(2)15-12-9-6-14-10(3,4)13-5-8(9)11/h7-8H,5-6,11H2,1-4H3/b12-9-. The average molecular weight is 216 g/mol. The van der Waals surface area contributed by atoms with Crippen LogP contribution in [0.25, 0.3) is 0 Å². The van der Waals surface area contributed by atoms with Crippen molar-refractivity contribution in [2.45, 2.75) is 45.6 Å². The molecule has 0 amide bonds. The Morgan fingerprint density at radius 1 is 1.47 bits per heavy atom. The molecule has 0 aromatic rings. The highest BCUT2D eigenvalue weighted by atomic mass is 16.7. The number of rotatable bonds is 2. The molecule has 0 spiro atoms. The summed E-state index contributed by atoms with van der Waals surface area (Å²) in [5.74, 6) is -0.604. The van der Waals surface area contributed by atoms with Crippen LogP contribution in [0.4, 0.5) is 0 Å². The van der Waals surface area contributed by atoms with Gasteiger partial charge in [-0.1, -0.05) is 5.16 Å². The van der Waals surface area contributed by atoms with Crippen molar-refractivity contribution in [3.8, 4) is 0 Å². The zero-order valence-corrected chi connectivity index (χ0v) is 9.82. The lowest BCUT2D eigenvalue weighted by Crippen LogP contribution is -2.36. The van der Waals surface area contributed by atoms with E-state index in [9.17, 15) is 0 Å². The van der Waals surface area contributed by atoms with Crippen LogP contribution in [0.1, 0.15) is 27.7 Å². The fourth-order valence-corrected chi connectivity index (χ4v) is 1.05. The van der Waals surface area contributed by atoms with E-state index in [0.29, 0.717) is 18.9 Å². The molecule has 2 N–H and O–H groups in total. The van der Waals surface area contributed by atoms with Crippen LogP contribution in [0.5, 0.6) is 0 Å². The zero-order chi connectivity index (χ0) is 11.5. The molecular weight excluding hydrogens is 196 g/mol. The van der Waals surface area contributed by atoms with Crippen LogP contribution in [-0.2, 0) is 14.3 Å². The smallest absolute Gasteiger partial charge is 0.163 e. The number of nitrogens with two attached hydrogens (primary N) is 1. The molecule has 0 radical (unpaired) electrons. The van der Waals surface area contributed by atoms with Gasteiger partial charge in [0.05, 0.1) is 19.3 Å². The lowest BCUT2D eigenvalue weighted by Gasteiger charge is -2.22. The highest BCUT2D eigenvalue weighted by molar-refractivity contribution is 5.90. The molecular formula is C10H20N2O3. The van der Waals surface area contributed by atoms with Crippen molar-refractivity contribution in [1.29, 1.82) is 0 Å². The van der Waals surface area contributed by atoms with E-state index < -0.39 is 5.79 Å². The minimum atomic E-state index is -0.604. The van der Waals surface area contributed by atoms with Gasteiger partial charge in [0.1, 0.15) is 11.8 Å². The second-order valence-corrected chi connectivity index (χ2v) is 4.34. The Kier molecular flexibility index (Phi) is 4.07. The topological polar surface area (TPSA) is 66.1 Å². The fraction of sp³-hybridized carbons (Fsp3) is 0.900. The van der Waals surface area contributed by atoms with Crippen LogP contribution in [0.15, 0.2) is 5.16 Å². The lowest BCUT2D eigenvalue weighted by molar-refractivity contribution is -0.197. The molecule has 1 aliphatic heterocycles. The van der Waals surface area contributed by atoms with Gasteiger partial charge >= 0.3 is 0 Å². The Morgan fingerprint density at radius 3 is 2.73 bits per heavy atom. The van der Waals surface area contributed by atoms with Gasteiger partial charge in [-0.3, -0.25) is 0 Å². The Bertz CT molecular complexity index is 239. The first kappa shape index (κ1) is 12.4. The summed E-state index contributed by atoms with van der Waals surface area (Å²) in [7, 11) is 0. The minimum Gasteiger partial charge on any atom is -0.393 e. The van der Waals surface area contributed by atoms with E-state index in [1.54, 1.807) is 0 Å². The molecule has 88 valence electrons. The molecule has 1 saturated heterocycles. The summed E-state index contributed by atoms with van der Waals surface area (Å²) in [5.41, 5.74) is 6.56. The van der Waals surface area contributed by atoms with E-state index in [1.165, 1.54) is 0 Å². The van der Waals surface area contributed by atoms with Crippen molar-refractivity contribution in [3.05, 3.63) is 0 Å². The second kappa shape index (κ2) is 4.92. The van der Waals surface area contributed by atoms with Crippen LogP contribution in [0, 0.1) is 0 Å². The number of ether oxygens (including phenoxy) is 2. The number of hydrogen-bond donors (Lipinski definition) is 1. The van der Waals surface area contributed by atoms with Crippen LogP contribution in [0.2, 0.25) is 0 Å². The SMILES string of the molecule is CC(C)O/N=C1/COC(C)(C)OCC1N. The van der Waals surface area contributed by atoms with E-state index in [1.807, 2.05) is 27.7 Å². The molecule has 0 aromatic carbocycles.